The second kappa shape index (κ2) is 8.67. The summed E-state index contributed by atoms with van der Waals surface area (Å²) in [5.41, 5.74) is 1.03. The molecule has 4 rings (SSSR count). The maximum atomic E-state index is 12.5. The van der Waals surface area contributed by atoms with Crippen LogP contribution < -0.4 is 4.74 Å². The van der Waals surface area contributed by atoms with Crippen LogP contribution in [0, 0.1) is 11.8 Å². The highest BCUT2D eigenvalue weighted by Crippen LogP contribution is 2.51. The van der Waals surface area contributed by atoms with Crippen LogP contribution in [0.3, 0.4) is 0 Å². The molecule has 2 fully saturated rings. The lowest BCUT2D eigenvalue weighted by molar-refractivity contribution is -0.137. The second-order valence-electron chi connectivity index (χ2n) is 8.67. The Morgan fingerprint density at radius 2 is 2.12 bits per heavy atom. The van der Waals surface area contributed by atoms with Crippen LogP contribution >= 0.6 is 0 Å². The maximum Gasteiger partial charge on any atom is 0.337 e. The molecule has 3 aliphatic rings. The fraction of sp³-hybridized carbons (Fsp3) is 0.542. The summed E-state index contributed by atoms with van der Waals surface area (Å²) in [6, 6.07) is 5.14. The Morgan fingerprint density at radius 3 is 2.78 bits per heavy atom. The Kier molecular flexibility index (Phi) is 6.09. The van der Waals surface area contributed by atoms with E-state index >= 15 is 0 Å². The van der Waals surface area contributed by atoms with E-state index in [-0.39, 0.29) is 17.9 Å². The van der Waals surface area contributed by atoms with Gasteiger partial charge in [0.15, 0.2) is 0 Å². The van der Waals surface area contributed by atoms with Gasteiger partial charge in [0.2, 0.25) is 0 Å². The summed E-state index contributed by atoms with van der Waals surface area (Å²) in [4.78, 5) is 31.3. The van der Waals surface area contributed by atoms with E-state index in [1.807, 2.05) is 6.07 Å². The molecule has 8 nitrogen and oxygen atoms in total. The first kappa shape index (κ1) is 22.5. The fourth-order valence-corrected chi connectivity index (χ4v) is 5.52. The summed E-state index contributed by atoms with van der Waals surface area (Å²) < 4.78 is 15.6. The third-order valence-electron chi connectivity index (χ3n) is 6.96. The van der Waals surface area contributed by atoms with Gasteiger partial charge in [-0.1, -0.05) is 19.4 Å². The number of hydrogen-bond donors (Lipinski definition) is 1. The lowest BCUT2D eigenvalue weighted by Crippen LogP contribution is -2.60. The van der Waals surface area contributed by atoms with Crippen molar-refractivity contribution in [3.05, 3.63) is 35.6 Å². The molecule has 3 aliphatic heterocycles. The van der Waals surface area contributed by atoms with Crippen LogP contribution in [0.2, 0.25) is 0 Å². The van der Waals surface area contributed by atoms with E-state index in [9.17, 15) is 14.7 Å². The molecule has 0 radical (unpaired) electrons. The van der Waals surface area contributed by atoms with E-state index in [1.165, 1.54) is 27.4 Å². The molecule has 1 aromatic carbocycles. The molecule has 0 unspecified atom stereocenters. The predicted molar refractivity (Wildman–Crippen MR) is 118 cm³/mol. The van der Waals surface area contributed by atoms with Crippen molar-refractivity contribution in [3.8, 4) is 5.75 Å². The molecule has 0 saturated carbocycles. The molecule has 0 amide bonds. The van der Waals surface area contributed by atoms with Crippen molar-refractivity contribution >= 4 is 23.3 Å². The molecule has 2 saturated heterocycles. The van der Waals surface area contributed by atoms with Crippen molar-refractivity contribution in [2.24, 2.45) is 16.8 Å². The van der Waals surface area contributed by atoms with Gasteiger partial charge in [-0.2, -0.15) is 0 Å². The molecular weight excluding hydrogens is 412 g/mol. The van der Waals surface area contributed by atoms with Crippen LogP contribution in [0.1, 0.15) is 38.7 Å². The zero-order chi connectivity index (χ0) is 23.0. The molecule has 8 heteroatoms. The minimum Gasteiger partial charge on any atom is -0.504 e. The summed E-state index contributed by atoms with van der Waals surface area (Å²) in [6.07, 6.45) is 3.46. The van der Waals surface area contributed by atoms with Gasteiger partial charge in [-0.05, 0) is 36.8 Å². The largest absolute Gasteiger partial charge is 0.504 e. The first-order valence-corrected chi connectivity index (χ1v) is 11.0. The monoisotopic (exact) mass is 442 g/mol. The van der Waals surface area contributed by atoms with Crippen LogP contribution in [0.25, 0.3) is 0 Å². The summed E-state index contributed by atoms with van der Waals surface area (Å²) in [5, 5.41) is 11.8. The quantitative estimate of drug-likeness (QED) is 0.324. The zero-order valence-electron chi connectivity index (χ0n) is 19.0. The number of aliphatic imine (C=N–C) groups is 1. The van der Waals surface area contributed by atoms with Crippen molar-refractivity contribution in [2.75, 3.05) is 27.3 Å². The second-order valence-corrected chi connectivity index (χ2v) is 8.67. The van der Waals surface area contributed by atoms with Crippen LogP contribution in [0.15, 0.2) is 35.0 Å². The number of esters is 2. The molecule has 0 aromatic heterocycles. The van der Waals surface area contributed by atoms with Gasteiger partial charge in [0.25, 0.3) is 0 Å². The standard InChI is InChI=1S/C24H30N2O6/c1-5-15-12-26-10-9-24(29)21-18(7-6-8-20(21)32-14(2)27)25-22(24)19(26)11-16(15)17(13-30-3)23(28)31-4/h6-8,13,15-16,19,29H,5,9-12H2,1-4H3/b17-13+/t15-,16+,19+,24+/m1/s1. The highest BCUT2D eigenvalue weighted by atomic mass is 16.5. The van der Waals surface area contributed by atoms with Crippen molar-refractivity contribution in [2.45, 2.75) is 44.8 Å². The van der Waals surface area contributed by atoms with Crippen molar-refractivity contribution < 1.29 is 28.9 Å². The Bertz CT molecular complexity index is 987. The lowest BCUT2D eigenvalue weighted by Gasteiger charge is -2.50. The van der Waals surface area contributed by atoms with E-state index in [2.05, 4.69) is 11.8 Å². The summed E-state index contributed by atoms with van der Waals surface area (Å²) >= 11 is 0. The third-order valence-corrected chi connectivity index (χ3v) is 6.96. The van der Waals surface area contributed by atoms with E-state index in [0.29, 0.717) is 47.7 Å². The van der Waals surface area contributed by atoms with E-state index in [4.69, 9.17) is 19.2 Å². The van der Waals surface area contributed by atoms with E-state index in [1.54, 1.807) is 12.1 Å². The lowest BCUT2D eigenvalue weighted by atomic mass is 9.70. The molecule has 32 heavy (non-hydrogen) atoms. The Labute approximate surface area is 187 Å². The molecule has 172 valence electrons. The number of ether oxygens (including phenoxy) is 3. The molecular formula is C24H30N2O6. The van der Waals surface area contributed by atoms with Gasteiger partial charge < -0.3 is 19.3 Å². The number of benzene rings is 1. The van der Waals surface area contributed by atoms with Gasteiger partial charge in [0, 0.05) is 20.0 Å². The number of nitrogens with zero attached hydrogens (tertiary/aromatic N) is 2. The number of rotatable bonds is 5. The molecule has 0 bridgehead atoms. The Morgan fingerprint density at radius 1 is 1.34 bits per heavy atom. The molecule has 4 atom stereocenters. The highest BCUT2D eigenvalue weighted by Gasteiger charge is 2.54. The van der Waals surface area contributed by atoms with Crippen LogP contribution in [0.4, 0.5) is 5.69 Å². The highest BCUT2D eigenvalue weighted by molar-refractivity contribution is 6.05. The van der Waals surface area contributed by atoms with Gasteiger partial charge in [-0.25, -0.2) is 4.79 Å². The number of carbonyl (C=O) groups is 2. The summed E-state index contributed by atoms with van der Waals surface area (Å²) in [5.74, 6) is -0.334. The topological polar surface area (TPSA) is 97.7 Å². The first-order chi connectivity index (χ1) is 15.3. The minimum atomic E-state index is -1.30. The molecule has 1 N–H and O–H groups in total. The minimum absolute atomic E-state index is 0.0876. The average Bonchev–Trinajstić information content (AvgIpc) is 3.09. The van der Waals surface area contributed by atoms with E-state index < -0.39 is 17.5 Å². The Balaban J connectivity index is 1.72. The summed E-state index contributed by atoms with van der Waals surface area (Å²) in [6.45, 7) is 4.93. The van der Waals surface area contributed by atoms with Crippen molar-refractivity contribution in [3.63, 3.8) is 0 Å². The van der Waals surface area contributed by atoms with Crippen LogP contribution in [-0.2, 0) is 24.7 Å². The van der Waals surface area contributed by atoms with Gasteiger partial charge >= 0.3 is 11.9 Å². The third kappa shape index (κ3) is 3.61. The molecule has 1 aromatic rings. The SMILES string of the molecule is CC[C@@H]1CN2CC[C@@]3(O)C(=Nc4cccc(OC(C)=O)c43)[C@@H]2C[C@@H]1/C(=C\OC)C(=O)OC. The first-order valence-electron chi connectivity index (χ1n) is 11.0. The van der Waals surface area contributed by atoms with Gasteiger partial charge in [0.05, 0.1) is 49.1 Å². The molecule has 0 aliphatic carbocycles. The molecule has 3 heterocycles. The number of methoxy groups -OCH3 is 2. The van der Waals surface area contributed by atoms with Gasteiger partial charge in [-0.15, -0.1) is 0 Å². The Hall–Kier alpha value is -2.71. The number of hydrogen-bond acceptors (Lipinski definition) is 8. The van der Waals surface area contributed by atoms with Crippen LogP contribution in [-0.4, -0.2) is 61.0 Å². The van der Waals surface area contributed by atoms with E-state index in [0.717, 1.165) is 13.0 Å². The number of carbonyl (C=O) groups excluding carboxylic acids is 2. The van der Waals surface area contributed by atoms with Gasteiger partial charge in [0.1, 0.15) is 11.4 Å². The van der Waals surface area contributed by atoms with Crippen LogP contribution in [0.5, 0.6) is 5.75 Å². The van der Waals surface area contributed by atoms with Gasteiger partial charge in [-0.3, -0.25) is 14.7 Å². The predicted octanol–water partition coefficient (Wildman–Crippen LogP) is 2.71. The van der Waals surface area contributed by atoms with Crippen molar-refractivity contribution in [1.82, 2.24) is 4.90 Å². The maximum absolute atomic E-state index is 12.5. The number of fused-ring (bicyclic) bond motifs is 5. The average molecular weight is 443 g/mol. The van der Waals surface area contributed by atoms with Crippen molar-refractivity contribution in [1.29, 1.82) is 0 Å². The number of aliphatic hydroxyl groups is 1. The number of piperidine rings is 2. The zero-order valence-corrected chi connectivity index (χ0v) is 19.0. The fourth-order valence-electron chi connectivity index (χ4n) is 5.52. The normalized spacial score (nSPS) is 29.3. The molecule has 0 spiro atoms. The summed E-state index contributed by atoms with van der Waals surface area (Å²) in [7, 11) is 2.89. The smallest absolute Gasteiger partial charge is 0.337 e.